The third kappa shape index (κ3) is 2.63. The molecule has 0 aliphatic heterocycles. The smallest absolute Gasteiger partial charge is 0.128 e. The number of methoxy groups -OCH3 is 1. The summed E-state index contributed by atoms with van der Waals surface area (Å²) in [5, 5.41) is 0. The summed E-state index contributed by atoms with van der Waals surface area (Å²) in [5.74, 6) is 1.75. The molecule has 0 aliphatic carbocycles. The monoisotopic (exact) mass is 260 g/mol. The van der Waals surface area contributed by atoms with E-state index in [9.17, 15) is 0 Å². The molecular weight excluding hydrogens is 240 g/mol. The van der Waals surface area contributed by atoms with E-state index in [0.29, 0.717) is 6.42 Å². The molecule has 4 heteroatoms. The normalized spacial score (nSPS) is 12.5. The summed E-state index contributed by atoms with van der Waals surface area (Å²) in [5.41, 5.74) is 10.3. The highest BCUT2D eigenvalue weighted by Gasteiger charge is 2.16. The number of hydrogen-bond acceptors (Lipinski definition) is 4. The van der Waals surface area contributed by atoms with Gasteiger partial charge in [0.05, 0.1) is 13.4 Å². The Balaban J connectivity index is 2.27. The standard InChI is InChI=1S/C15H20N2O2/c1-9-8-17-14(10(2)15(9)18-4)7-13(16)12-5-6-19-11(12)3/h5-6,8,13H,7,16H2,1-4H3. The average molecular weight is 260 g/mol. The van der Waals surface area contributed by atoms with Crippen LogP contribution in [-0.4, -0.2) is 12.1 Å². The summed E-state index contributed by atoms with van der Waals surface area (Å²) in [7, 11) is 1.68. The van der Waals surface area contributed by atoms with Crippen LogP contribution in [0.15, 0.2) is 22.9 Å². The fourth-order valence-electron chi connectivity index (χ4n) is 2.37. The first-order valence-electron chi connectivity index (χ1n) is 6.33. The van der Waals surface area contributed by atoms with Gasteiger partial charge in [0.2, 0.25) is 0 Å². The van der Waals surface area contributed by atoms with Crippen molar-refractivity contribution in [1.29, 1.82) is 0 Å². The minimum atomic E-state index is -0.114. The molecule has 1 atom stereocenters. The molecule has 0 bridgehead atoms. The van der Waals surface area contributed by atoms with E-state index in [1.165, 1.54) is 0 Å². The van der Waals surface area contributed by atoms with Gasteiger partial charge in [-0.3, -0.25) is 4.98 Å². The van der Waals surface area contributed by atoms with E-state index in [0.717, 1.165) is 33.9 Å². The van der Waals surface area contributed by atoms with Gasteiger partial charge in [-0.15, -0.1) is 0 Å². The highest BCUT2D eigenvalue weighted by Crippen LogP contribution is 2.27. The number of ether oxygens (including phenoxy) is 1. The molecule has 2 aromatic heterocycles. The van der Waals surface area contributed by atoms with Crippen LogP contribution in [0.25, 0.3) is 0 Å². The molecule has 0 aromatic carbocycles. The largest absolute Gasteiger partial charge is 0.496 e. The van der Waals surface area contributed by atoms with Crippen molar-refractivity contribution in [2.75, 3.05) is 7.11 Å². The molecule has 0 spiro atoms. The summed E-state index contributed by atoms with van der Waals surface area (Å²) in [6, 6.07) is 1.80. The van der Waals surface area contributed by atoms with Crippen LogP contribution in [0.1, 0.15) is 34.2 Å². The number of aryl methyl sites for hydroxylation is 2. The number of nitrogens with two attached hydrogens (primary N) is 1. The maximum absolute atomic E-state index is 6.23. The Labute approximate surface area is 113 Å². The van der Waals surface area contributed by atoms with Crippen molar-refractivity contribution in [3.8, 4) is 5.75 Å². The van der Waals surface area contributed by atoms with Crippen molar-refractivity contribution in [2.45, 2.75) is 33.2 Å². The third-order valence-electron chi connectivity index (χ3n) is 3.46. The van der Waals surface area contributed by atoms with Crippen molar-refractivity contribution in [3.05, 3.63) is 46.7 Å². The van der Waals surface area contributed by atoms with Crippen LogP contribution in [0.2, 0.25) is 0 Å². The first kappa shape index (κ1) is 13.6. The molecular formula is C15H20N2O2. The lowest BCUT2D eigenvalue weighted by Crippen LogP contribution is -2.15. The molecule has 0 fully saturated rings. The second-order valence-corrected chi connectivity index (χ2v) is 4.79. The van der Waals surface area contributed by atoms with Gasteiger partial charge in [0.25, 0.3) is 0 Å². The molecule has 19 heavy (non-hydrogen) atoms. The van der Waals surface area contributed by atoms with E-state index in [-0.39, 0.29) is 6.04 Å². The molecule has 0 radical (unpaired) electrons. The van der Waals surface area contributed by atoms with Gasteiger partial charge in [0.1, 0.15) is 11.5 Å². The minimum Gasteiger partial charge on any atom is -0.496 e. The quantitative estimate of drug-likeness (QED) is 0.918. The summed E-state index contributed by atoms with van der Waals surface area (Å²) < 4.78 is 10.7. The molecule has 2 rings (SSSR count). The minimum absolute atomic E-state index is 0.114. The number of furan rings is 1. The number of rotatable bonds is 4. The lowest BCUT2D eigenvalue weighted by molar-refractivity contribution is 0.406. The molecule has 2 heterocycles. The fourth-order valence-corrected chi connectivity index (χ4v) is 2.37. The molecule has 4 nitrogen and oxygen atoms in total. The molecule has 0 saturated carbocycles. The molecule has 2 N–H and O–H groups in total. The molecule has 0 amide bonds. The zero-order valence-electron chi connectivity index (χ0n) is 11.9. The van der Waals surface area contributed by atoms with Crippen LogP contribution in [-0.2, 0) is 6.42 Å². The van der Waals surface area contributed by atoms with Crippen LogP contribution in [0, 0.1) is 20.8 Å². The molecule has 0 saturated heterocycles. The zero-order valence-corrected chi connectivity index (χ0v) is 11.9. The maximum atomic E-state index is 6.23. The molecule has 0 aliphatic rings. The number of nitrogens with zero attached hydrogens (tertiary/aromatic N) is 1. The Hall–Kier alpha value is -1.81. The Morgan fingerprint density at radius 2 is 2.11 bits per heavy atom. The third-order valence-corrected chi connectivity index (χ3v) is 3.46. The van der Waals surface area contributed by atoms with Crippen molar-refractivity contribution < 1.29 is 9.15 Å². The second-order valence-electron chi connectivity index (χ2n) is 4.79. The van der Waals surface area contributed by atoms with Gasteiger partial charge in [-0.2, -0.15) is 0 Å². The first-order valence-corrected chi connectivity index (χ1v) is 6.33. The maximum Gasteiger partial charge on any atom is 0.128 e. The predicted octanol–water partition coefficient (Wildman–Crippen LogP) is 2.85. The topological polar surface area (TPSA) is 61.3 Å². The summed E-state index contributed by atoms with van der Waals surface area (Å²) in [4.78, 5) is 4.48. The van der Waals surface area contributed by atoms with E-state index < -0.39 is 0 Å². The van der Waals surface area contributed by atoms with Crippen LogP contribution in [0.4, 0.5) is 0 Å². The van der Waals surface area contributed by atoms with E-state index in [1.54, 1.807) is 13.4 Å². The Bertz CT molecular complexity index is 576. The summed E-state index contributed by atoms with van der Waals surface area (Å²) in [6.45, 7) is 5.93. The SMILES string of the molecule is COc1c(C)cnc(CC(N)c2ccoc2C)c1C. The average Bonchev–Trinajstić information content (AvgIpc) is 2.80. The Morgan fingerprint density at radius 1 is 1.37 bits per heavy atom. The van der Waals surface area contributed by atoms with Crippen molar-refractivity contribution in [2.24, 2.45) is 5.73 Å². The fraction of sp³-hybridized carbons (Fsp3) is 0.400. The van der Waals surface area contributed by atoms with Gasteiger partial charge in [-0.1, -0.05) is 0 Å². The van der Waals surface area contributed by atoms with Gasteiger partial charge in [-0.25, -0.2) is 0 Å². The van der Waals surface area contributed by atoms with Gasteiger partial charge < -0.3 is 14.9 Å². The number of aromatic nitrogens is 1. The van der Waals surface area contributed by atoms with Gasteiger partial charge in [-0.05, 0) is 26.8 Å². The van der Waals surface area contributed by atoms with Crippen LogP contribution >= 0.6 is 0 Å². The molecule has 1 unspecified atom stereocenters. The van der Waals surface area contributed by atoms with Gasteiger partial charge in [0.15, 0.2) is 0 Å². The zero-order chi connectivity index (χ0) is 14.0. The van der Waals surface area contributed by atoms with Crippen molar-refractivity contribution >= 4 is 0 Å². The highest BCUT2D eigenvalue weighted by atomic mass is 16.5. The molecule has 102 valence electrons. The summed E-state index contributed by atoms with van der Waals surface area (Å²) in [6.07, 6.45) is 4.17. The highest BCUT2D eigenvalue weighted by molar-refractivity contribution is 5.41. The van der Waals surface area contributed by atoms with Crippen LogP contribution < -0.4 is 10.5 Å². The van der Waals surface area contributed by atoms with Crippen LogP contribution in [0.3, 0.4) is 0 Å². The Kier molecular flexibility index (Phi) is 3.90. The summed E-state index contributed by atoms with van der Waals surface area (Å²) >= 11 is 0. The van der Waals surface area contributed by atoms with Gasteiger partial charge in [0, 0.05) is 41.0 Å². The van der Waals surface area contributed by atoms with E-state index in [2.05, 4.69) is 4.98 Å². The number of hydrogen-bond donors (Lipinski definition) is 1. The van der Waals surface area contributed by atoms with E-state index in [1.807, 2.05) is 33.0 Å². The van der Waals surface area contributed by atoms with E-state index >= 15 is 0 Å². The van der Waals surface area contributed by atoms with Crippen molar-refractivity contribution in [3.63, 3.8) is 0 Å². The second kappa shape index (κ2) is 5.45. The van der Waals surface area contributed by atoms with Gasteiger partial charge >= 0.3 is 0 Å². The first-order chi connectivity index (χ1) is 9.04. The lowest BCUT2D eigenvalue weighted by atomic mass is 10.00. The predicted molar refractivity (Wildman–Crippen MR) is 74.3 cm³/mol. The molecule has 2 aromatic rings. The van der Waals surface area contributed by atoms with Crippen LogP contribution in [0.5, 0.6) is 5.75 Å². The van der Waals surface area contributed by atoms with Crippen molar-refractivity contribution in [1.82, 2.24) is 4.98 Å². The Morgan fingerprint density at radius 3 is 2.68 bits per heavy atom. The lowest BCUT2D eigenvalue weighted by Gasteiger charge is -2.15. The van der Waals surface area contributed by atoms with E-state index in [4.69, 9.17) is 14.9 Å². The number of pyridine rings is 1.